The Kier molecular flexibility index (Phi) is 4.99. The minimum atomic E-state index is -4.47. The van der Waals surface area contributed by atoms with Crippen LogP contribution < -0.4 is 4.74 Å². The van der Waals surface area contributed by atoms with Crippen molar-refractivity contribution in [3.8, 4) is 29.2 Å². The second kappa shape index (κ2) is 7.37. The first kappa shape index (κ1) is 17.6. The summed E-state index contributed by atoms with van der Waals surface area (Å²) in [4.78, 5) is 0. The molecule has 0 unspecified atom stereocenters. The lowest BCUT2D eigenvalue weighted by molar-refractivity contribution is -0.137. The number of alkyl halides is 3. The average molecular weight is 352 g/mol. The van der Waals surface area contributed by atoms with Crippen molar-refractivity contribution in [3.63, 3.8) is 0 Å². The monoisotopic (exact) mass is 352 g/mol. The molecule has 130 valence electrons. The summed E-state index contributed by atoms with van der Waals surface area (Å²) < 4.78 is 46.1. The third kappa shape index (κ3) is 3.89. The van der Waals surface area contributed by atoms with E-state index < -0.39 is 11.7 Å². The van der Waals surface area contributed by atoms with E-state index in [-0.39, 0.29) is 12.2 Å². The van der Waals surface area contributed by atoms with Gasteiger partial charge in [-0.05, 0) is 35.4 Å². The number of terminal acetylenes is 1. The molecule has 0 atom stereocenters. The van der Waals surface area contributed by atoms with E-state index in [0.29, 0.717) is 16.9 Å². The fourth-order valence-electron chi connectivity index (χ4n) is 2.66. The molecule has 0 bridgehead atoms. The minimum Gasteiger partial charge on any atom is -0.488 e. The predicted octanol–water partition coefficient (Wildman–Crippen LogP) is 5.93. The molecule has 0 aliphatic carbocycles. The van der Waals surface area contributed by atoms with E-state index in [4.69, 9.17) is 11.2 Å². The molecule has 3 rings (SSSR count). The Morgan fingerprint density at radius 3 is 2.23 bits per heavy atom. The normalized spacial score (nSPS) is 11.0. The zero-order chi connectivity index (χ0) is 18.6. The largest absolute Gasteiger partial charge is 0.488 e. The van der Waals surface area contributed by atoms with Crippen LogP contribution in [0.4, 0.5) is 13.2 Å². The fourth-order valence-corrected chi connectivity index (χ4v) is 2.66. The highest BCUT2D eigenvalue weighted by atomic mass is 19.4. The maximum atomic E-state index is 13.4. The van der Waals surface area contributed by atoms with Crippen LogP contribution in [0.25, 0.3) is 11.1 Å². The van der Waals surface area contributed by atoms with Crippen molar-refractivity contribution < 1.29 is 17.9 Å². The topological polar surface area (TPSA) is 9.23 Å². The van der Waals surface area contributed by atoms with E-state index in [9.17, 15) is 13.2 Å². The Morgan fingerprint density at radius 1 is 0.846 bits per heavy atom. The van der Waals surface area contributed by atoms with Gasteiger partial charge in [-0.2, -0.15) is 13.2 Å². The van der Waals surface area contributed by atoms with Gasteiger partial charge in [0, 0.05) is 11.1 Å². The van der Waals surface area contributed by atoms with Crippen molar-refractivity contribution in [2.45, 2.75) is 12.8 Å². The molecule has 3 aromatic carbocycles. The van der Waals surface area contributed by atoms with Crippen LogP contribution in [-0.4, -0.2) is 0 Å². The van der Waals surface area contributed by atoms with E-state index in [1.807, 2.05) is 30.3 Å². The summed E-state index contributed by atoms with van der Waals surface area (Å²) in [6.07, 6.45) is 0.950. The van der Waals surface area contributed by atoms with Crippen LogP contribution >= 0.6 is 0 Å². The van der Waals surface area contributed by atoms with Crippen LogP contribution in [0, 0.1) is 12.3 Å². The van der Waals surface area contributed by atoms with Crippen LogP contribution in [0.3, 0.4) is 0 Å². The Balaban J connectivity index is 2.05. The SMILES string of the molecule is C#Cc1ccc(OCc2ccccc2)c(-c2ccccc2C(F)(F)F)c1. The average Bonchev–Trinajstić information content (AvgIpc) is 2.66. The van der Waals surface area contributed by atoms with E-state index in [0.717, 1.165) is 11.6 Å². The van der Waals surface area contributed by atoms with Crippen LogP contribution in [0.1, 0.15) is 16.7 Å². The molecule has 0 amide bonds. The zero-order valence-electron chi connectivity index (χ0n) is 13.8. The molecular formula is C22H15F3O. The maximum absolute atomic E-state index is 13.4. The summed E-state index contributed by atoms with van der Waals surface area (Å²) >= 11 is 0. The lowest BCUT2D eigenvalue weighted by Gasteiger charge is -2.17. The molecule has 0 radical (unpaired) electrons. The Morgan fingerprint density at radius 2 is 1.54 bits per heavy atom. The van der Waals surface area contributed by atoms with Gasteiger partial charge in [-0.25, -0.2) is 0 Å². The van der Waals surface area contributed by atoms with Crippen molar-refractivity contribution in [2.75, 3.05) is 0 Å². The smallest absolute Gasteiger partial charge is 0.417 e. The summed E-state index contributed by atoms with van der Waals surface area (Å²) in [6, 6.07) is 19.6. The van der Waals surface area contributed by atoms with Gasteiger partial charge in [0.05, 0.1) is 5.56 Å². The Hall–Kier alpha value is -3.19. The number of hydrogen-bond acceptors (Lipinski definition) is 1. The van der Waals surface area contributed by atoms with Crippen LogP contribution in [-0.2, 0) is 12.8 Å². The molecule has 26 heavy (non-hydrogen) atoms. The summed E-state index contributed by atoms with van der Waals surface area (Å²) in [6.45, 7) is 0.247. The number of benzene rings is 3. The van der Waals surface area contributed by atoms with Gasteiger partial charge < -0.3 is 4.74 Å². The van der Waals surface area contributed by atoms with Gasteiger partial charge in [0.15, 0.2) is 0 Å². The van der Waals surface area contributed by atoms with Gasteiger partial charge in [0.1, 0.15) is 12.4 Å². The summed E-state index contributed by atoms with van der Waals surface area (Å²) in [5.74, 6) is 2.81. The molecule has 4 heteroatoms. The number of hydrogen-bond donors (Lipinski definition) is 0. The van der Waals surface area contributed by atoms with Gasteiger partial charge in [0.2, 0.25) is 0 Å². The summed E-state index contributed by atoms with van der Waals surface area (Å²) in [5, 5.41) is 0. The fraction of sp³-hybridized carbons (Fsp3) is 0.0909. The van der Waals surface area contributed by atoms with Crippen molar-refractivity contribution in [1.29, 1.82) is 0 Å². The van der Waals surface area contributed by atoms with E-state index >= 15 is 0 Å². The molecule has 1 nitrogen and oxygen atoms in total. The quantitative estimate of drug-likeness (QED) is 0.529. The Bertz CT molecular complexity index is 938. The molecule has 0 saturated carbocycles. The van der Waals surface area contributed by atoms with Crippen LogP contribution in [0.2, 0.25) is 0 Å². The second-order valence-electron chi connectivity index (χ2n) is 5.67. The molecule has 0 aliphatic rings. The van der Waals surface area contributed by atoms with Gasteiger partial charge >= 0.3 is 6.18 Å². The van der Waals surface area contributed by atoms with Crippen LogP contribution in [0.5, 0.6) is 5.75 Å². The lowest BCUT2D eigenvalue weighted by atomic mass is 9.97. The third-order valence-corrected chi connectivity index (χ3v) is 3.91. The highest BCUT2D eigenvalue weighted by Gasteiger charge is 2.34. The minimum absolute atomic E-state index is 0.0418. The van der Waals surface area contributed by atoms with Crippen molar-refractivity contribution >= 4 is 0 Å². The number of rotatable bonds is 4. The first-order valence-electron chi connectivity index (χ1n) is 7.93. The maximum Gasteiger partial charge on any atom is 0.417 e. The third-order valence-electron chi connectivity index (χ3n) is 3.91. The second-order valence-corrected chi connectivity index (χ2v) is 5.67. The van der Waals surface area contributed by atoms with E-state index in [1.165, 1.54) is 12.1 Å². The van der Waals surface area contributed by atoms with Gasteiger partial charge in [0.25, 0.3) is 0 Å². The molecule has 0 fully saturated rings. The van der Waals surface area contributed by atoms with Crippen molar-refractivity contribution in [3.05, 3.63) is 89.5 Å². The van der Waals surface area contributed by atoms with Crippen molar-refractivity contribution in [1.82, 2.24) is 0 Å². The standard InChI is InChI=1S/C22H15F3O/c1-2-16-12-13-21(26-15-17-8-4-3-5-9-17)19(14-16)18-10-6-7-11-20(18)22(23,24)25/h1,3-14H,15H2. The molecule has 0 heterocycles. The molecular weight excluding hydrogens is 337 g/mol. The van der Waals surface area contributed by atoms with Gasteiger partial charge in [-0.1, -0.05) is 54.5 Å². The first-order valence-corrected chi connectivity index (χ1v) is 7.93. The molecule has 0 spiro atoms. The van der Waals surface area contributed by atoms with Crippen LogP contribution in [0.15, 0.2) is 72.8 Å². The molecule has 0 N–H and O–H groups in total. The highest BCUT2D eigenvalue weighted by Crippen LogP contribution is 2.40. The van der Waals surface area contributed by atoms with E-state index in [2.05, 4.69) is 5.92 Å². The van der Waals surface area contributed by atoms with Gasteiger partial charge in [-0.15, -0.1) is 6.42 Å². The Labute approximate surface area is 150 Å². The summed E-state index contributed by atoms with van der Waals surface area (Å²) in [5.41, 5.74) is 1.05. The number of ether oxygens (including phenoxy) is 1. The predicted molar refractivity (Wildman–Crippen MR) is 95.6 cm³/mol. The van der Waals surface area contributed by atoms with Gasteiger partial charge in [-0.3, -0.25) is 0 Å². The molecule has 3 aromatic rings. The number of halogens is 3. The lowest BCUT2D eigenvalue weighted by Crippen LogP contribution is -2.07. The van der Waals surface area contributed by atoms with E-state index in [1.54, 1.807) is 24.3 Å². The zero-order valence-corrected chi connectivity index (χ0v) is 13.8. The molecule has 0 aromatic heterocycles. The molecule has 0 saturated heterocycles. The van der Waals surface area contributed by atoms with Crippen molar-refractivity contribution in [2.24, 2.45) is 0 Å². The highest BCUT2D eigenvalue weighted by molar-refractivity contribution is 5.75. The first-order chi connectivity index (χ1) is 12.5. The summed E-state index contributed by atoms with van der Waals surface area (Å²) in [7, 11) is 0. The molecule has 0 aliphatic heterocycles.